The fourth-order valence-corrected chi connectivity index (χ4v) is 4.76. The lowest BCUT2D eigenvalue weighted by molar-refractivity contribution is -0.127. The van der Waals surface area contributed by atoms with Gasteiger partial charge >= 0.3 is 0 Å². The van der Waals surface area contributed by atoms with E-state index in [1.807, 2.05) is 23.6 Å². The number of rotatable bonds is 7. The molecule has 1 N–H and O–H groups in total. The molecule has 0 bridgehead atoms. The summed E-state index contributed by atoms with van der Waals surface area (Å²) in [5.74, 6) is 0.425. The number of nitrogens with zero attached hydrogens (tertiary/aromatic N) is 2. The number of anilines is 2. The van der Waals surface area contributed by atoms with Crippen LogP contribution >= 0.6 is 22.9 Å². The van der Waals surface area contributed by atoms with E-state index in [4.69, 9.17) is 21.1 Å². The zero-order valence-corrected chi connectivity index (χ0v) is 20.1. The molecule has 1 atom stereocenters. The van der Waals surface area contributed by atoms with Crippen LogP contribution < -0.4 is 19.7 Å². The number of fused-ring (bicyclic) bond motifs is 1. The normalized spacial score (nSPS) is 15.1. The van der Waals surface area contributed by atoms with Crippen LogP contribution in [0.15, 0.2) is 41.8 Å². The Morgan fingerprint density at radius 1 is 1.30 bits per heavy atom. The second-order valence-electron chi connectivity index (χ2n) is 7.64. The summed E-state index contributed by atoms with van der Waals surface area (Å²) in [7, 11) is 1.52. The molecule has 3 aromatic rings. The van der Waals surface area contributed by atoms with Crippen LogP contribution in [-0.2, 0) is 16.0 Å². The van der Waals surface area contributed by atoms with Crippen LogP contribution in [0.3, 0.4) is 0 Å². The number of halogens is 1. The molecule has 4 rings (SSSR count). The Kier molecular flexibility index (Phi) is 6.85. The molecule has 33 heavy (non-hydrogen) atoms. The Labute approximate surface area is 201 Å². The largest absolute Gasteiger partial charge is 0.495 e. The van der Waals surface area contributed by atoms with Crippen molar-refractivity contribution in [2.75, 3.05) is 23.9 Å². The van der Waals surface area contributed by atoms with Crippen LogP contribution in [0.1, 0.15) is 25.3 Å². The van der Waals surface area contributed by atoms with Gasteiger partial charge in [0, 0.05) is 16.6 Å². The minimum Gasteiger partial charge on any atom is -0.495 e. The van der Waals surface area contributed by atoms with E-state index in [-0.39, 0.29) is 18.4 Å². The molecule has 0 saturated carbocycles. The first-order valence-corrected chi connectivity index (χ1v) is 11.9. The maximum Gasteiger partial charge on any atom is 0.268 e. The van der Waals surface area contributed by atoms with E-state index in [0.29, 0.717) is 27.9 Å². The second kappa shape index (κ2) is 9.80. The van der Waals surface area contributed by atoms with Gasteiger partial charge in [0.2, 0.25) is 5.91 Å². The van der Waals surface area contributed by atoms with Gasteiger partial charge in [-0.3, -0.25) is 14.5 Å². The third-order valence-corrected chi connectivity index (χ3v) is 6.42. The lowest BCUT2D eigenvalue weighted by Crippen LogP contribution is -2.47. The first kappa shape index (κ1) is 23.1. The van der Waals surface area contributed by atoms with Gasteiger partial charge in [-0.1, -0.05) is 18.5 Å². The summed E-state index contributed by atoms with van der Waals surface area (Å²) in [6.45, 7) is 3.63. The topological polar surface area (TPSA) is 80.8 Å². The maximum atomic E-state index is 12.9. The molecule has 1 aliphatic heterocycles. The van der Waals surface area contributed by atoms with E-state index in [2.05, 4.69) is 17.2 Å². The average molecular weight is 486 g/mol. The van der Waals surface area contributed by atoms with E-state index in [9.17, 15) is 9.59 Å². The number of ether oxygens (including phenoxy) is 2. The van der Waals surface area contributed by atoms with Gasteiger partial charge in [-0.25, -0.2) is 4.98 Å². The van der Waals surface area contributed by atoms with Crippen LogP contribution in [0.4, 0.5) is 11.4 Å². The molecule has 1 aromatic heterocycles. The summed E-state index contributed by atoms with van der Waals surface area (Å²) in [5, 5.41) is 6.24. The van der Waals surface area contributed by atoms with Gasteiger partial charge < -0.3 is 14.8 Å². The van der Waals surface area contributed by atoms with Crippen LogP contribution in [0.2, 0.25) is 5.02 Å². The van der Waals surface area contributed by atoms with Crippen molar-refractivity contribution < 1.29 is 19.1 Å². The third kappa shape index (κ3) is 4.96. The maximum absolute atomic E-state index is 12.9. The Balaban J connectivity index is 1.58. The first-order chi connectivity index (χ1) is 15.9. The highest BCUT2D eigenvalue weighted by molar-refractivity contribution is 7.09. The Bertz CT molecular complexity index is 1200. The minimum atomic E-state index is -0.693. The molecule has 2 heterocycles. The Morgan fingerprint density at radius 2 is 2.12 bits per heavy atom. The summed E-state index contributed by atoms with van der Waals surface area (Å²) < 4.78 is 10.9. The summed E-state index contributed by atoms with van der Waals surface area (Å²) in [6.07, 6.45) is 1.26. The molecular weight excluding hydrogens is 462 g/mol. The number of amides is 2. The fraction of sp³-hybridized carbons (Fsp3) is 0.292. The van der Waals surface area contributed by atoms with Gasteiger partial charge in [0.1, 0.15) is 18.0 Å². The molecule has 1 aliphatic rings. The van der Waals surface area contributed by atoms with Crippen molar-refractivity contribution in [3.63, 3.8) is 0 Å². The number of carbonyl (C=O) groups is 2. The highest BCUT2D eigenvalue weighted by Crippen LogP contribution is 2.38. The van der Waals surface area contributed by atoms with Crippen molar-refractivity contribution in [3.05, 3.63) is 51.8 Å². The van der Waals surface area contributed by atoms with Crippen LogP contribution in [0.25, 0.3) is 11.3 Å². The first-order valence-electron chi connectivity index (χ1n) is 10.6. The van der Waals surface area contributed by atoms with Crippen molar-refractivity contribution in [3.8, 4) is 22.8 Å². The number of thiazole rings is 1. The number of aromatic nitrogens is 1. The van der Waals surface area contributed by atoms with Crippen LogP contribution in [-0.4, -0.2) is 36.6 Å². The molecule has 172 valence electrons. The van der Waals surface area contributed by atoms with Crippen molar-refractivity contribution in [2.24, 2.45) is 0 Å². The van der Waals surface area contributed by atoms with Crippen molar-refractivity contribution >= 4 is 46.1 Å². The van der Waals surface area contributed by atoms with Crippen LogP contribution in [0.5, 0.6) is 11.5 Å². The van der Waals surface area contributed by atoms with Gasteiger partial charge in [0.25, 0.3) is 5.91 Å². The summed E-state index contributed by atoms with van der Waals surface area (Å²) >= 11 is 7.77. The fourth-order valence-electron chi connectivity index (χ4n) is 3.59. The lowest BCUT2D eigenvalue weighted by atomic mass is 10.1. The monoisotopic (exact) mass is 485 g/mol. The second-order valence-corrected chi connectivity index (χ2v) is 8.99. The van der Waals surface area contributed by atoms with Gasteiger partial charge in [0.05, 0.1) is 28.5 Å². The predicted octanol–water partition coefficient (Wildman–Crippen LogP) is 5.18. The average Bonchev–Trinajstić information content (AvgIpc) is 3.26. The minimum absolute atomic E-state index is 0.162. The number of carbonyl (C=O) groups excluding carboxylic acids is 2. The SMILES string of the molecule is CCCc1nc(-c2ccc3c(c2)N(CC(=O)Nc2ccc(OC)c(Cl)c2)C(=O)C(C)O3)cs1. The standard InChI is InChI=1S/C24H24ClN3O4S/c1-4-5-23-27-18(13-33-23)15-6-8-21-19(10-15)28(24(30)14(2)32-21)12-22(29)26-16-7-9-20(31-3)17(25)11-16/h6-11,13-14H,4-5,12H2,1-3H3,(H,26,29). The van der Waals surface area contributed by atoms with Crippen molar-refractivity contribution in [1.82, 2.24) is 4.98 Å². The van der Waals surface area contributed by atoms with Gasteiger partial charge in [-0.2, -0.15) is 0 Å². The Hall–Kier alpha value is -3.10. The van der Waals surface area contributed by atoms with E-state index >= 15 is 0 Å². The molecule has 0 radical (unpaired) electrons. The predicted molar refractivity (Wildman–Crippen MR) is 131 cm³/mol. The number of nitrogens with one attached hydrogen (secondary N) is 1. The van der Waals surface area contributed by atoms with Crippen molar-refractivity contribution in [1.29, 1.82) is 0 Å². The highest BCUT2D eigenvalue weighted by atomic mass is 35.5. The van der Waals surface area contributed by atoms with E-state index in [1.165, 1.54) is 12.0 Å². The molecule has 7 nitrogen and oxygen atoms in total. The molecule has 9 heteroatoms. The number of benzene rings is 2. The smallest absolute Gasteiger partial charge is 0.268 e. The van der Waals surface area contributed by atoms with E-state index < -0.39 is 6.10 Å². The molecule has 2 amide bonds. The van der Waals surface area contributed by atoms with Gasteiger partial charge in [-0.05, 0) is 56.2 Å². The van der Waals surface area contributed by atoms with E-state index in [1.54, 1.807) is 36.5 Å². The molecule has 1 unspecified atom stereocenters. The lowest BCUT2D eigenvalue weighted by Gasteiger charge is -2.32. The molecule has 0 aliphatic carbocycles. The van der Waals surface area contributed by atoms with Crippen molar-refractivity contribution in [2.45, 2.75) is 32.8 Å². The Morgan fingerprint density at radius 3 is 2.85 bits per heavy atom. The molecule has 2 aromatic carbocycles. The number of hydrogen-bond donors (Lipinski definition) is 1. The molecule has 0 fully saturated rings. The van der Waals surface area contributed by atoms with Gasteiger partial charge in [-0.15, -0.1) is 11.3 Å². The van der Waals surface area contributed by atoms with Crippen LogP contribution in [0, 0.1) is 0 Å². The third-order valence-electron chi connectivity index (χ3n) is 5.22. The molecule has 0 saturated heterocycles. The number of methoxy groups -OCH3 is 1. The molecule has 0 spiro atoms. The number of aryl methyl sites for hydroxylation is 1. The van der Waals surface area contributed by atoms with E-state index in [0.717, 1.165) is 29.1 Å². The number of hydrogen-bond acceptors (Lipinski definition) is 6. The molecular formula is C24H24ClN3O4S. The highest BCUT2D eigenvalue weighted by Gasteiger charge is 2.33. The zero-order chi connectivity index (χ0) is 23.5. The van der Waals surface area contributed by atoms with Gasteiger partial charge in [0.15, 0.2) is 6.10 Å². The summed E-state index contributed by atoms with van der Waals surface area (Å²) in [4.78, 5) is 31.9. The quantitative estimate of drug-likeness (QED) is 0.499. The summed E-state index contributed by atoms with van der Waals surface area (Å²) in [6, 6.07) is 10.5. The summed E-state index contributed by atoms with van der Waals surface area (Å²) in [5.41, 5.74) is 2.77. The zero-order valence-electron chi connectivity index (χ0n) is 18.6.